The summed E-state index contributed by atoms with van der Waals surface area (Å²) in [6.07, 6.45) is 22.9. The zero-order chi connectivity index (χ0) is 109. The van der Waals surface area contributed by atoms with Gasteiger partial charge in [0.15, 0.2) is 16.6 Å². The van der Waals surface area contributed by atoms with Crippen LogP contribution in [0.25, 0.3) is 16.8 Å². The Balaban J connectivity index is 0.000000171. The third-order valence-corrected chi connectivity index (χ3v) is 32.1. The molecule has 35 heteroatoms. The summed E-state index contributed by atoms with van der Waals surface area (Å²) in [4.78, 5) is 67.7. The van der Waals surface area contributed by atoms with Crippen LogP contribution in [0.1, 0.15) is 223 Å². The molecule has 0 radical (unpaired) electrons. The molecule has 31 nitrogen and oxygen atoms in total. The van der Waals surface area contributed by atoms with Crippen LogP contribution in [0.5, 0.6) is 0 Å². The monoisotopic (exact) mass is 2100 g/mol. The number of halogens is 2. The first-order chi connectivity index (χ1) is 71.6. The third kappa shape index (κ3) is 31.7. The van der Waals surface area contributed by atoms with E-state index in [0.717, 1.165) is 89.2 Å². The molecule has 16 rings (SSSR count). The summed E-state index contributed by atoms with van der Waals surface area (Å²) in [6.45, 7) is 36.8. The summed E-state index contributed by atoms with van der Waals surface area (Å²) in [6, 6.07) is 56.6. The molecule has 1 aliphatic carbocycles. The maximum atomic E-state index is 13.4. The van der Waals surface area contributed by atoms with Gasteiger partial charge in [-0.15, -0.1) is 5.10 Å². The number of aryl methyl sites for hydroxylation is 6. The van der Waals surface area contributed by atoms with Gasteiger partial charge in [0.25, 0.3) is 21.8 Å². The fourth-order valence-corrected chi connectivity index (χ4v) is 21.1. The standard InChI is InChI=1S/C22H26N4O.C21H31N3O4S.C21H31N3O3S.C18H20N2.C17H17ClFN5O.C16H21N3O2/c1-16-17(2)23-26(18(16)3)20-15-25(14-13-24-11-7-8-12-24)22(27)21(20)19-9-5-4-6-10-19;1-14(2)15(3)10-11-24(29(26,27)20-16(4)23-28-17(20)5)13-18-8-7-9-19(12-18)21(25)22-6;1-6-20(25)19-9-7-8-18(12-19)13-24(11-10-17(4)16(2)3)28(26,27)21-14-23(5)15-22-21;1-14(10-12-20-16-6-4-11-19-13-16)17-9-8-15-5-2-3-7-18(15)17;1-10(11-2-4-13(19)5-3-11)16(25)9-24-8-15(22-23-24)14-6-12(18)7-21-17(14)20;1-11-6-4-5-7-13(11)12(2)15(9-20)18-16(21)14-8-19(3)10-17-14/h4-12,20-21H,13-15H2,1-3H3;7-9,12,14-15H,10-11,13H2,1-6H3,(H,22,25);7-9,12,14-17H,6,10-11,13H2,1-5H3;2-7,9,11,13-14,20H,8,10,12H2,1H3;2-8,10,16,25H,9H2,1H3,(H2,20,21);4-8,10,12,15,20H,9H2,1-3H3,(H,18,21). The number of Topliss-reactive ketones (excluding diaryl/α,β-unsaturated/α-hetero) is 1. The minimum atomic E-state index is -3.80. The van der Waals surface area contributed by atoms with E-state index in [2.05, 4.69) is 171 Å². The summed E-state index contributed by atoms with van der Waals surface area (Å²) in [5.74, 6) is 1.97. The van der Waals surface area contributed by atoms with E-state index in [-0.39, 0.29) is 101 Å². The van der Waals surface area contributed by atoms with Crippen molar-refractivity contribution in [2.75, 3.05) is 57.4 Å². The lowest BCUT2D eigenvalue weighted by Crippen LogP contribution is -2.41. The number of carbonyl (C=O) groups is 4. The van der Waals surface area contributed by atoms with E-state index in [0.29, 0.717) is 107 Å². The highest BCUT2D eigenvalue weighted by Crippen LogP contribution is 2.40. The predicted octanol–water partition coefficient (Wildman–Crippen LogP) is 19.5. The second-order valence-electron chi connectivity index (χ2n) is 39.4. The number of amides is 3. The number of nitrogen functional groups attached to an aromatic ring is 1. The summed E-state index contributed by atoms with van der Waals surface area (Å²) in [5, 5.41) is 46.1. The van der Waals surface area contributed by atoms with Crippen molar-refractivity contribution < 1.29 is 55.1 Å². The first kappa shape index (κ1) is 117. The summed E-state index contributed by atoms with van der Waals surface area (Å²) < 4.78 is 83.4. The summed E-state index contributed by atoms with van der Waals surface area (Å²) in [5.41, 5.74) is 23.4. The number of nitrogens with two attached hydrogens (primary N) is 1. The van der Waals surface area contributed by atoms with Crippen LogP contribution in [0.2, 0.25) is 5.02 Å². The molecule has 8 aromatic heterocycles. The number of nitrogens with one attached hydrogen (secondary N) is 3. The largest absolute Gasteiger partial charge is 0.394 e. The van der Waals surface area contributed by atoms with Crippen LogP contribution >= 0.6 is 11.6 Å². The smallest absolute Gasteiger partial charge is 0.271 e. The number of aromatic nitrogens is 13. The number of sulfonamides is 2. The van der Waals surface area contributed by atoms with Crippen molar-refractivity contribution in [1.29, 1.82) is 0 Å². The molecule has 0 bridgehead atoms. The molecule has 9 unspecified atom stereocenters. The van der Waals surface area contributed by atoms with E-state index in [1.54, 1.807) is 117 Å². The Morgan fingerprint density at radius 2 is 1.30 bits per heavy atom. The van der Waals surface area contributed by atoms with Crippen molar-refractivity contribution in [3.63, 3.8) is 0 Å². The van der Waals surface area contributed by atoms with Gasteiger partial charge in [-0.25, -0.2) is 40.9 Å². The number of hydrogen-bond acceptors (Lipinski definition) is 21. The van der Waals surface area contributed by atoms with E-state index >= 15 is 0 Å². The topological polar surface area (TPSA) is 390 Å². The maximum Gasteiger partial charge on any atom is 0.271 e. The highest BCUT2D eigenvalue weighted by atomic mass is 35.5. The van der Waals surface area contributed by atoms with Crippen LogP contribution in [0.3, 0.4) is 0 Å². The Hall–Kier alpha value is -13.7. The van der Waals surface area contributed by atoms with E-state index < -0.39 is 26.2 Å². The number of anilines is 2. The quantitative estimate of drug-likeness (QED) is 0.0195. The van der Waals surface area contributed by atoms with Crippen LogP contribution < -0.4 is 21.7 Å². The Labute approximate surface area is 887 Å². The van der Waals surface area contributed by atoms with Crippen LogP contribution in [0.4, 0.5) is 15.9 Å². The van der Waals surface area contributed by atoms with Gasteiger partial charge in [-0.3, -0.25) is 28.8 Å². The van der Waals surface area contributed by atoms with Crippen LogP contribution in [0.15, 0.2) is 265 Å². The predicted molar refractivity (Wildman–Crippen MR) is 587 cm³/mol. The molecular weight excluding hydrogens is 1960 g/mol. The molecule has 9 atom stereocenters. The number of ketones is 1. The fraction of sp³-hybridized carbons (Fsp3) is 0.391. The number of aliphatic hydroxyl groups excluding tert-OH is 2. The Bertz CT molecular complexity index is 6990. The maximum absolute atomic E-state index is 13.4. The van der Waals surface area contributed by atoms with E-state index in [4.69, 9.17) is 27.0 Å². The lowest BCUT2D eigenvalue weighted by Gasteiger charge is -2.25. The number of rotatable bonds is 39. The molecule has 0 spiro atoms. The average molecular weight is 2100 g/mol. The van der Waals surface area contributed by atoms with Crippen molar-refractivity contribution in [3.05, 3.63) is 351 Å². The van der Waals surface area contributed by atoms with Crippen LogP contribution in [-0.2, 0) is 71.5 Å². The summed E-state index contributed by atoms with van der Waals surface area (Å²) in [7, 11) is -2.40. The number of hydrogen-bond donors (Lipinski definition) is 6. The van der Waals surface area contributed by atoms with E-state index in [9.17, 15) is 50.6 Å². The van der Waals surface area contributed by atoms with Crippen molar-refractivity contribution in [2.24, 2.45) is 43.7 Å². The van der Waals surface area contributed by atoms with Gasteiger partial charge in [0.05, 0.1) is 72.5 Å². The minimum Gasteiger partial charge on any atom is -0.394 e. The molecule has 9 heterocycles. The second kappa shape index (κ2) is 55.2. The van der Waals surface area contributed by atoms with Crippen molar-refractivity contribution in [2.45, 2.75) is 215 Å². The van der Waals surface area contributed by atoms with E-state index in [1.165, 1.54) is 66.4 Å². The zero-order valence-corrected chi connectivity index (χ0v) is 91.9. The number of imidazole rings is 2. The van der Waals surface area contributed by atoms with Gasteiger partial charge in [0.1, 0.15) is 33.6 Å². The first-order valence-corrected chi connectivity index (χ1v) is 54.3. The summed E-state index contributed by atoms with van der Waals surface area (Å²) >= 11 is 5.94. The number of aliphatic hydroxyl groups is 2. The first-order valence-electron chi connectivity index (χ1n) is 51.0. The van der Waals surface area contributed by atoms with Crippen molar-refractivity contribution >= 4 is 72.2 Å². The zero-order valence-electron chi connectivity index (χ0n) is 89.5. The number of pyridine rings is 2. The molecule has 1 fully saturated rings. The number of nitrogens with zero attached hydrogens (tertiary/aromatic N) is 16. The minimum absolute atomic E-state index is 0.0175. The molecule has 14 aromatic rings. The lowest BCUT2D eigenvalue weighted by molar-refractivity contribution is -0.129. The average Bonchev–Trinajstić information content (AvgIpc) is 1.61. The van der Waals surface area contributed by atoms with Crippen molar-refractivity contribution in [3.8, 4) is 11.3 Å². The molecule has 150 heavy (non-hydrogen) atoms. The lowest BCUT2D eigenvalue weighted by atomic mass is 9.90. The number of likely N-dealkylation sites (tertiary alicyclic amines) is 1. The molecule has 7 N–H and O–H groups in total. The normalized spacial score (nSPS) is 14.7. The number of fused-ring (bicyclic) bond motifs is 1. The molecule has 2 aliphatic rings. The van der Waals surface area contributed by atoms with Gasteiger partial charge in [-0.05, 0) is 213 Å². The molecule has 1 saturated heterocycles. The van der Waals surface area contributed by atoms with Gasteiger partial charge >= 0.3 is 0 Å². The van der Waals surface area contributed by atoms with Gasteiger partial charge in [0, 0.05) is 158 Å². The number of carbonyl (C=O) groups excluding carboxylic acids is 4. The molecule has 1 aliphatic heterocycles. The Kier molecular flexibility index (Phi) is 42.8. The second-order valence-corrected chi connectivity index (χ2v) is 43.6. The molecule has 3 amide bonds. The molecule has 0 saturated carbocycles. The van der Waals surface area contributed by atoms with Gasteiger partial charge in [-0.1, -0.05) is 219 Å². The highest BCUT2D eigenvalue weighted by molar-refractivity contribution is 7.89. The SMILES string of the molecule is CC(CCNc1cccnc1)C1=CCc2ccccc21.CC(c1ccc(F)cc1)C(O)Cn1cc(-c2cc(Cl)cnc2N)nn1.CCC(=O)c1cccc(CN(CCC(C)C(C)C)S(=O)(=O)c2cn(C)cn2)c1.CNC(=O)c1cccc(CN(CCC(C)C(C)C)S(=O)(=O)c2c(C)noc2C)c1.Cc1ccccc1C(C)C(CO)NC(=O)c1cn(C)cn1.Cc1nn(C2CN(CCn3cccc3)C(=O)C2c2ccccc2)c(C)c1C. The fourth-order valence-electron chi connectivity index (χ4n) is 17.8. The third-order valence-electron chi connectivity index (χ3n) is 28.1. The molecule has 798 valence electrons. The van der Waals surface area contributed by atoms with Crippen LogP contribution in [-0.4, -0.2) is 186 Å². The Morgan fingerprint density at radius 3 is 1.89 bits per heavy atom. The number of benzene rings is 6. The van der Waals surface area contributed by atoms with Crippen molar-refractivity contribution in [1.82, 2.24) is 87.7 Å². The highest BCUT2D eigenvalue weighted by Gasteiger charge is 2.44. The van der Waals surface area contributed by atoms with E-state index in [1.807, 2.05) is 138 Å². The number of allylic oxidation sites excluding steroid dienone is 2. The van der Waals surface area contributed by atoms with Gasteiger partial charge < -0.3 is 55.0 Å². The van der Waals surface area contributed by atoms with Crippen LogP contribution in [0, 0.1) is 76.9 Å². The Morgan fingerprint density at radius 1 is 0.667 bits per heavy atom. The molecule has 6 aromatic carbocycles. The van der Waals surface area contributed by atoms with Gasteiger partial charge in [-0.2, -0.15) is 13.7 Å². The molecular formula is C115H146ClFN20O11S2. The van der Waals surface area contributed by atoms with Gasteiger partial charge in [0.2, 0.25) is 15.9 Å².